The molecule has 140 valence electrons. The minimum atomic E-state index is -0.214. The molecule has 3 aromatic rings. The van der Waals surface area contributed by atoms with Gasteiger partial charge in [-0.05, 0) is 47.5 Å². The Labute approximate surface area is 158 Å². The van der Waals surface area contributed by atoms with Crippen LogP contribution in [0.15, 0.2) is 54.6 Å². The van der Waals surface area contributed by atoms with Crippen LogP contribution >= 0.6 is 0 Å². The van der Waals surface area contributed by atoms with Crippen LogP contribution in [-0.2, 0) is 0 Å². The van der Waals surface area contributed by atoms with Crippen LogP contribution in [0.5, 0.6) is 17.2 Å². The first-order valence-corrected chi connectivity index (χ1v) is 8.67. The van der Waals surface area contributed by atoms with Crippen LogP contribution in [0, 0.1) is 0 Å². The summed E-state index contributed by atoms with van der Waals surface area (Å²) in [6.45, 7) is 1.92. The third kappa shape index (κ3) is 3.82. The predicted molar refractivity (Wildman–Crippen MR) is 106 cm³/mol. The summed E-state index contributed by atoms with van der Waals surface area (Å²) in [7, 11) is 4.75. The number of benzene rings is 3. The van der Waals surface area contributed by atoms with Crippen molar-refractivity contribution in [3.63, 3.8) is 0 Å². The number of carbonyl (C=O) groups is 1. The van der Waals surface area contributed by atoms with Crippen molar-refractivity contribution in [2.75, 3.05) is 21.3 Å². The number of carbonyl (C=O) groups excluding carboxylic acids is 1. The van der Waals surface area contributed by atoms with E-state index in [1.54, 1.807) is 21.3 Å². The standard InChI is InChI=1S/C22H23NO4/c1-14(15-9-10-19(25-2)21(12-15)27-4)23-22(24)18-11-16-7-5-6-8-17(16)13-20(18)26-3/h5-14H,1-4H3,(H,23,24)/t14-/m0/s1. The molecule has 0 aliphatic carbocycles. The maximum absolute atomic E-state index is 12.9. The molecule has 5 nitrogen and oxygen atoms in total. The maximum Gasteiger partial charge on any atom is 0.255 e. The molecule has 0 aliphatic heterocycles. The molecule has 0 saturated heterocycles. The normalized spacial score (nSPS) is 11.7. The van der Waals surface area contributed by atoms with Gasteiger partial charge in [0.15, 0.2) is 11.5 Å². The van der Waals surface area contributed by atoms with Gasteiger partial charge >= 0.3 is 0 Å². The van der Waals surface area contributed by atoms with Gasteiger partial charge in [-0.15, -0.1) is 0 Å². The molecule has 1 amide bonds. The topological polar surface area (TPSA) is 56.8 Å². The highest BCUT2D eigenvalue weighted by atomic mass is 16.5. The van der Waals surface area contributed by atoms with E-state index in [1.165, 1.54) is 0 Å². The molecule has 0 radical (unpaired) electrons. The van der Waals surface area contributed by atoms with Gasteiger partial charge in [-0.3, -0.25) is 4.79 Å². The highest BCUT2D eigenvalue weighted by Gasteiger charge is 2.17. The molecule has 0 saturated carbocycles. The van der Waals surface area contributed by atoms with E-state index in [-0.39, 0.29) is 11.9 Å². The highest BCUT2D eigenvalue weighted by Crippen LogP contribution is 2.31. The monoisotopic (exact) mass is 365 g/mol. The van der Waals surface area contributed by atoms with E-state index in [9.17, 15) is 4.79 Å². The molecule has 0 spiro atoms. The minimum absolute atomic E-state index is 0.195. The molecule has 3 rings (SSSR count). The summed E-state index contributed by atoms with van der Waals surface area (Å²) in [6.07, 6.45) is 0. The van der Waals surface area contributed by atoms with Crippen molar-refractivity contribution >= 4 is 16.7 Å². The number of nitrogens with one attached hydrogen (secondary N) is 1. The van der Waals surface area contributed by atoms with E-state index in [0.29, 0.717) is 22.8 Å². The van der Waals surface area contributed by atoms with Gasteiger partial charge in [0.25, 0.3) is 5.91 Å². The van der Waals surface area contributed by atoms with Crippen molar-refractivity contribution in [3.8, 4) is 17.2 Å². The second-order valence-electron chi connectivity index (χ2n) is 6.21. The fourth-order valence-corrected chi connectivity index (χ4v) is 3.05. The smallest absolute Gasteiger partial charge is 0.255 e. The highest BCUT2D eigenvalue weighted by molar-refractivity contribution is 6.01. The maximum atomic E-state index is 12.9. The van der Waals surface area contributed by atoms with Gasteiger partial charge in [0, 0.05) is 0 Å². The molecule has 0 bridgehead atoms. The third-order valence-electron chi connectivity index (χ3n) is 4.57. The summed E-state index contributed by atoms with van der Waals surface area (Å²) >= 11 is 0. The average molecular weight is 365 g/mol. The van der Waals surface area contributed by atoms with Crippen LogP contribution in [0.1, 0.15) is 28.9 Å². The lowest BCUT2D eigenvalue weighted by atomic mass is 10.0. The summed E-state index contributed by atoms with van der Waals surface area (Å²) in [4.78, 5) is 12.9. The van der Waals surface area contributed by atoms with Gasteiger partial charge < -0.3 is 19.5 Å². The second-order valence-corrected chi connectivity index (χ2v) is 6.21. The molecule has 0 unspecified atom stereocenters. The molecular formula is C22H23NO4. The van der Waals surface area contributed by atoms with Crippen LogP contribution in [0.4, 0.5) is 0 Å². The Balaban J connectivity index is 1.87. The molecule has 0 fully saturated rings. The van der Waals surface area contributed by atoms with E-state index < -0.39 is 0 Å². The molecule has 1 atom stereocenters. The van der Waals surface area contributed by atoms with Crippen LogP contribution in [0.2, 0.25) is 0 Å². The summed E-state index contributed by atoms with van der Waals surface area (Å²) in [5.41, 5.74) is 1.42. The van der Waals surface area contributed by atoms with Gasteiger partial charge in [-0.2, -0.15) is 0 Å². The lowest BCUT2D eigenvalue weighted by molar-refractivity contribution is 0.0937. The molecular weight excluding hydrogens is 342 g/mol. The van der Waals surface area contributed by atoms with Gasteiger partial charge in [0.2, 0.25) is 0 Å². The summed E-state index contributed by atoms with van der Waals surface area (Å²) in [6, 6.07) is 17.0. The molecule has 0 aromatic heterocycles. The van der Waals surface area contributed by atoms with Crippen molar-refractivity contribution in [2.45, 2.75) is 13.0 Å². The Hall–Kier alpha value is -3.21. The summed E-state index contributed by atoms with van der Waals surface area (Å²) < 4.78 is 16.0. The Morgan fingerprint density at radius 2 is 1.44 bits per heavy atom. The molecule has 0 heterocycles. The first kappa shape index (κ1) is 18.6. The SMILES string of the molecule is COc1ccc([C@H](C)NC(=O)c2cc3ccccc3cc2OC)cc1OC. The fourth-order valence-electron chi connectivity index (χ4n) is 3.05. The van der Waals surface area contributed by atoms with Crippen molar-refractivity contribution in [2.24, 2.45) is 0 Å². The number of fused-ring (bicyclic) bond motifs is 1. The number of ether oxygens (including phenoxy) is 3. The molecule has 3 aromatic carbocycles. The zero-order valence-electron chi connectivity index (χ0n) is 15.9. The number of amides is 1. The lowest BCUT2D eigenvalue weighted by Crippen LogP contribution is -2.27. The van der Waals surface area contributed by atoms with Crippen LogP contribution < -0.4 is 19.5 Å². The first-order valence-electron chi connectivity index (χ1n) is 8.67. The quantitative estimate of drug-likeness (QED) is 0.705. The van der Waals surface area contributed by atoms with Gasteiger partial charge in [-0.1, -0.05) is 30.3 Å². The number of methoxy groups -OCH3 is 3. The second kappa shape index (κ2) is 7.99. The Morgan fingerprint density at radius 3 is 2.07 bits per heavy atom. The zero-order valence-corrected chi connectivity index (χ0v) is 15.9. The van der Waals surface area contributed by atoms with Crippen LogP contribution in [-0.4, -0.2) is 27.2 Å². The minimum Gasteiger partial charge on any atom is -0.496 e. The number of rotatable bonds is 6. The van der Waals surface area contributed by atoms with Gasteiger partial charge in [-0.25, -0.2) is 0 Å². The van der Waals surface area contributed by atoms with E-state index in [1.807, 2.05) is 61.5 Å². The Morgan fingerprint density at radius 1 is 0.815 bits per heavy atom. The molecule has 27 heavy (non-hydrogen) atoms. The fraction of sp³-hybridized carbons (Fsp3) is 0.227. The molecule has 5 heteroatoms. The number of hydrogen-bond donors (Lipinski definition) is 1. The van der Waals surface area contributed by atoms with E-state index in [0.717, 1.165) is 16.3 Å². The summed E-state index contributed by atoms with van der Waals surface area (Å²) in [5, 5.41) is 5.04. The molecule has 1 N–H and O–H groups in total. The zero-order chi connectivity index (χ0) is 19.4. The van der Waals surface area contributed by atoms with Crippen molar-refractivity contribution in [1.29, 1.82) is 0 Å². The van der Waals surface area contributed by atoms with Crippen molar-refractivity contribution in [1.82, 2.24) is 5.32 Å². The van der Waals surface area contributed by atoms with Crippen molar-refractivity contribution in [3.05, 3.63) is 65.7 Å². The van der Waals surface area contributed by atoms with Crippen LogP contribution in [0.3, 0.4) is 0 Å². The third-order valence-corrected chi connectivity index (χ3v) is 4.57. The number of hydrogen-bond acceptors (Lipinski definition) is 4. The molecule has 0 aliphatic rings. The predicted octanol–water partition coefficient (Wildman–Crippen LogP) is 4.36. The van der Waals surface area contributed by atoms with E-state index >= 15 is 0 Å². The van der Waals surface area contributed by atoms with Gasteiger partial charge in [0.1, 0.15) is 5.75 Å². The van der Waals surface area contributed by atoms with Crippen LogP contribution in [0.25, 0.3) is 10.8 Å². The summed E-state index contributed by atoms with van der Waals surface area (Å²) in [5.74, 6) is 1.63. The average Bonchev–Trinajstić information content (AvgIpc) is 2.71. The largest absolute Gasteiger partial charge is 0.496 e. The Kier molecular flexibility index (Phi) is 5.50. The van der Waals surface area contributed by atoms with E-state index in [2.05, 4.69) is 5.32 Å². The lowest BCUT2D eigenvalue weighted by Gasteiger charge is -2.18. The van der Waals surface area contributed by atoms with Crippen molar-refractivity contribution < 1.29 is 19.0 Å². The Bertz CT molecular complexity index is 968. The van der Waals surface area contributed by atoms with Gasteiger partial charge in [0.05, 0.1) is 32.9 Å². The van der Waals surface area contributed by atoms with E-state index in [4.69, 9.17) is 14.2 Å². The first-order chi connectivity index (χ1) is 13.1.